The zero-order chi connectivity index (χ0) is 26.4. The molecule has 0 bridgehead atoms. The van der Waals surface area contributed by atoms with E-state index in [9.17, 15) is 9.90 Å². The molecule has 5 rings (SSSR count). The Morgan fingerprint density at radius 2 is 1.58 bits per heavy atom. The lowest BCUT2D eigenvalue weighted by molar-refractivity contribution is -0.164. The first-order valence-corrected chi connectivity index (χ1v) is 15.8. The lowest BCUT2D eigenvalue weighted by atomic mass is 9.44. The fourth-order valence-corrected chi connectivity index (χ4v) is 11.1. The second-order valence-electron chi connectivity index (χ2n) is 14.9. The van der Waals surface area contributed by atoms with E-state index in [1.165, 1.54) is 25.7 Å². The van der Waals surface area contributed by atoms with Gasteiger partial charge >= 0.3 is 0 Å². The van der Waals surface area contributed by atoms with E-state index in [1.807, 2.05) is 0 Å². The largest absolute Gasteiger partial charge is 0.392 e. The van der Waals surface area contributed by atoms with Crippen LogP contribution in [0.2, 0.25) is 0 Å². The molecule has 36 heavy (non-hydrogen) atoms. The predicted molar refractivity (Wildman–Crippen MR) is 147 cm³/mol. The lowest BCUT2D eigenvalue weighted by Crippen LogP contribution is -2.59. The monoisotopic (exact) mass is 566 g/mol. The number of rotatable bonds is 4. The summed E-state index contributed by atoms with van der Waals surface area (Å²) in [5.41, 5.74) is 0.274. The number of aliphatic hydroxyl groups excluding tert-OH is 1. The summed E-state index contributed by atoms with van der Waals surface area (Å²) in [5, 5.41) is 10.5. The van der Waals surface area contributed by atoms with Gasteiger partial charge in [-0.2, -0.15) is 0 Å². The van der Waals surface area contributed by atoms with Crippen molar-refractivity contribution in [1.82, 2.24) is 0 Å². The van der Waals surface area contributed by atoms with Crippen molar-refractivity contribution in [2.75, 3.05) is 0 Å². The van der Waals surface area contributed by atoms with E-state index >= 15 is 0 Å². The van der Waals surface area contributed by atoms with Crippen molar-refractivity contribution in [3.8, 4) is 0 Å². The molecule has 0 spiro atoms. The molecule has 0 amide bonds. The minimum atomic E-state index is -0.527. The highest BCUT2D eigenvalue weighted by Gasteiger charge is 2.64. The third-order valence-corrected chi connectivity index (χ3v) is 13.3. The van der Waals surface area contributed by atoms with Crippen LogP contribution < -0.4 is 0 Å². The normalized spacial score (nSPS) is 52.0. The average Bonchev–Trinajstić information content (AvgIpc) is 3.31. The van der Waals surface area contributed by atoms with Gasteiger partial charge in [0.1, 0.15) is 5.78 Å². The molecule has 206 valence electrons. The molecule has 0 aromatic rings. The Kier molecular flexibility index (Phi) is 7.13. The van der Waals surface area contributed by atoms with E-state index in [0.717, 1.165) is 12.8 Å². The first-order valence-electron chi connectivity index (χ1n) is 14.9. The van der Waals surface area contributed by atoms with E-state index in [2.05, 4.69) is 71.3 Å². The van der Waals surface area contributed by atoms with E-state index in [4.69, 9.17) is 9.47 Å². The van der Waals surface area contributed by atoms with Crippen molar-refractivity contribution in [2.24, 2.45) is 58.2 Å². The molecule has 0 radical (unpaired) electrons. The summed E-state index contributed by atoms with van der Waals surface area (Å²) in [6.45, 7) is 18.4. The summed E-state index contributed by atoms with van der Waals surface area (Å²) < 4.78 is 13.2. The highest BCUT2D eigenvalue weighted by molar-refractivity contribution is 9.09. The fraction of sp³-hybridized carbons (Fsp3) is 0.968. The van der Waals surface area contributed by atoms with Gasteiger partial charge < -0.3 is 14.6 Å². The number of Topliss-reactive ketones (excluding diaryl/α,β-unsaturated/α-hetero) is 1. The van der Waals surface area contributed by atoms with Crippen LogP contribution in [0, 0.1) is 58.2 Å². The van der Waals surface area contributed by atoms with Gasteiger partial charge in [0.05, 0.1) is 18.3 Å². The molecular formula is C31H51BrO4. The molecule has 1 saturated heterocycles. The van der Waals surface area contributed by atoms with Crippen LogP contribution in [0.25, 0.3) is 0 Å². The number of halogens is 1. The molecule has 1 aliphatic heterocycles. The highest BCUT2D eigenvalue weighted by Crippen LogP contribution is 2.68. The maximum absolute atomic E-state index is 13.5. The van der Waals surface area contributed by atoms with Crippen LogP contribution in [0.1, 0.15) is 100 Å². The van der Waals surface area contributed by atoms with Gasteiger partial charge in [0, 0.05) is 17.2 Å². The predicted octanol–water partition coefficient (Wildman–Crippen LogP) is 7.01. The van der Waals surface area contributed by atoms with Crippen LogP contribution in [-0.4, -0.2) is 39.8 Å². The summed E-state index contributed by atoms with van der Waals surface area (Å²) in [7, 11) is 0. The number of ether oxygens (including phenoxy) is 2. The molecule has 5 heteroatoms. The topological polar surface area (TPSA) is 55.8 Å². The molecule has 5 aliphatic rings. The number of fused-ring (bicyclic) bond motifs is 5. The Morgan fingerprint density at radius 3 is 2.25 bits per heavy atom. The van der Waals surface area contributed by atoms with Gasteiger partial charge in [-0.3, -0.25) is 4.79 Å². The number of hydrogen-bond acceptors (Lipinski definition) is 4. The maximum Gasteiger partial charge on any atom is 0.163 e. The summed E-state index contributed by atoms with van der Waals surface area (Å²) >= 11 is 3.77. The Labute approximate surface area is 228 Å². The van der Waals surface area contributed by atoms with Crippen LogP contribution in [0.15, 0.2) is 0 Å². The van der Waals surface area contributed by atoms with E-state index < -0.39 is 11.9 Å². The number of aliphatic hydroxyl groups is 1. The van der Waals surface area contributed by atoms with Crippen molar-refractivity contribution in [3.05, 3.63) is 0 Å². The molecular weight excluding hydrogens is 516 g/mol. The molecule has 4 saturated carbocycles. The molecule has 0 unspecified atom stereocenters. The second-order valence-corrected chi connectivity index (χ2v) is 16.1. The maximum atomic E-state index is 13.5. The Balaban J connectivity index is 1.39. The van der Waals surface area contributed by atoms with Gasteiger partial charge in [-0.05, 0) is 105 Å². The molecule has 13 atom stereocenters. The van der Waals surface area contributed by atoms with Crippen molar-refractivity contribution in [2.45, 2.75) is 129 Å². The van der Waals surface area contributed by atoms with Crippen LogP contribution in [0.3, 0.4) is 0 Å². The van der Waals surface area contributed by atoms with Crippen LogP contribution in [0.4, 0.5) is 0 Å². The number of ketones is 1. The van der Waals surface area contributed by atoms with Gasteiger partial charge in [0.25, 0.3) is 0 Å². The Bertz CT molecular complexity index is 858. The van der Waals surface area contributed by atoms with Gasteiger partial charge in [-0.15, -0.1) is 0 Å². The first kappa shape index (κ1) is 27.6. The van der Waals surface area contributed by atoms with Crippen LogP contribution in [0.5, 0.6) is 0 Å². The van der Waals surface area contributed by atoms with E-state index in [1.54, 1.807) is 0 Å². The van der Waals surface area contributed by atoms with E-state index in [-0.39, 0.29) is 33.8 Å². The van der Waals surface area contributed by atoms with Crippen molar-refractivity contribution >= 4 is 21.7 Å². The zero-order valence-electron chi connectivity index (χ0n) is 23.9. The zero-order valence-corrected chi connectivity index (χ0v) is 25.5. The minimum Gasteiger partial charge on any atom is -0.392 e. The molecule has 4 nitrogen and oxygen atoms in total. The number of carbonyl (C=O) groups is 1. The second kappa shape index (κ2) is 9.30. The van der Waals surface area contributed by atoms with Gasteiger partial charge in [0.2, 0.25) is 0 Å². The Hall–Kier alpha value is 0.0300. The molecule has 0 aromatic heterocycles. The molecule has 0 aromatic carbocycles. The Morgan fingerprint density at radius 1 is 0.944 bits per heavy atom. The summed E-state index contributed by atoms with van der Waals surface area (Å²) in [6.07, 6.45) is 7.10. The SMILES string of the molecule is CC(C)[C@@H](C)[C@H]1OC(C)(C)O[C@@H]1[C@@H](C)[C@H]1CC[C@H]2[C@@H]3CC(=O)[C@H]4C[C@H](O)[C@@H](Br)C[C@]4(C)[C@H]3CC[C@]12C. The number of alkyl halides is 1. The number of carbonyl (C=O) groups excluding carboxylic acids is 1. The number of hydrogen-bond donors (Lipinski definition) is 1. The molecule has 4 aliphatic carbocycles. The molecule has 5 fully saturated rings. The lowest BCUT2D eigenvalue weighted by Gasteiger charge is -2.61. The van der Waals surface area contributed by atoms with Crippen molar-refractivity contribution < 1.29 is 19.4 Å². The average molecular weight is 568 g/mol. The van der Waals surface area contributed by atoms with E-state index in [0.29, 0.717) is 53.6 Å². The van der Waals surface area contributed by atoms with Crippen LogP contribution >= 0.6 is 15.9 Å². The third kappa shape index (κ3) is 4.20. The highest BCUT2D eigenvalue weighted by atomic mass is 79.9. The summed E-state index contributed by atoms with van der Waals surface area (Å²) in [6, 6.07) is 0. The van der Waals surface area contributed by atoms with Gasteiger partial charge in [-0.25, -0.2) is 0 Å². The summed E-state index contributed by atoms with van der Waals surface area (Å²) in [4.78, 5) is 13.7. The smallest absolute Gasteiger partial charge is 0.163 e. The first-order chi connectivity index (χ1) is 16.7. The van der Waals surface area contributed by atoms with Crippen molar-refractivity contribution in [3.63, 3.8) is 0 Å². The van der Waals surface area contributed by atoms with Crippen LogP contribution in [-0.2, 0) is 14.3 Å². The van der Waals surface area contributed by atoms with Gasteiger partial charge in [0.15, 0.2) is 5.79 Å². The standard InChI is InChI=1S/C31H51BrO4/c1-16(2)17(3)27-28(36-29(5,6)35-27)18(4)20-9-10-21-19-13-25(33)23-14-26(34)24(32)15-31(23,8)22(19)11-12-30(20,21)7/h16-24,26-28,34H,9-15H2,1-8H3/t17-,18+,19+,20-,21+,22+,23-,24+,26+,27-,28-,30-,31-/m1/s1. The third-order valence-electron chi connectivity index (χ3n) is 12.4. The van der Waals surface area contributed by atoms with Crippen molar-refractivity contribution in [1.29, 1.82) is 0 Å². The summed E-state index contributed by atoms with van der Waals surface area (Å²) in [5.74, 6) is 3.68. The fourth-order valence-electron chi connectivity index (χ4n) is 10.2. The quantitative estimate of drug-likeness (QED) is 0.372. The minimum absolute atomic E-state index is 0.0165. The van der Waals surface area contributed by atoms with Gasteiger partial charge in [-0.1, -0.05) is 57.5 Å². The molecule has 1 heterocycles. The molecule has 1 N–H and O–H groups in total.